The van der Waals surface area contributed by atoms with Gasteiger partial charge in [-0.3, -0.25) is 0 Å². The smallest absolute Gasteiger partial charge is 0.396 e. The lowest BCUT2D eigenvalue weighted by molar-refractivity contribution is -0.138. The molecule has 0 aliphatic heterocycles. The van der Waals surface area contributed by atoms with Crippen LogP contribution in [-0.2, 0) is 12.6 Å². The predicted molar refractivity (Wildman–Crippen MR) is 84.4 cm³/mol. The summed E-state index contributed by atoms with van der Waals surface area (Å²) in [5.74, 6) is 0.0337. The first-order valence-corrected chi connectivity index (χ1v) is 7.81. The summed E-state index contributed by atoms with van der Waals surface area (Å²) in [6, 6.07) is 4.31. The van der Waals surface area contributed by atoms with Crippen LogP contribution in [0.3, 0.4) is 0 Å². The van der Waals surface area contributed by atoms with Crippen molar-refractivity contribution in [3.05, 3.63) is 47.5 Å². The molecule has 0 heterocycles. The first-order chi connectivity index (χ1) is 11.3. The molecule has 3 N–H and O–H groups in total. The molecule has 0 radical (unpaired) electrons. The van der Waals surface area contributed by atoms with Crippen molar-refractivity contribution >= 4 is 6.03 Å². The Kier molecular flexibility index (Phi) is 5.88. The Bertz CT molecular complexity index is 602. The van der Waals surface area contributed by atoms with E-state index >= 15 is 0 Å². The van der Waals surface area contributed by atoms with Crippen LogP contribution in [0.2, 0.25) is 0 Å². The molecule has 2 amide bonds. The Morgan fingerprint density at radius 1 is 1.33 bits per heavy atom. The van der Waals surface area contributed by atoms with Crippen LogP contribution in [0.5, 0.6) is 0 Å². The fourth-order valence-corrected chi connectivity index (χ4v) is 2.81. The molecular formula is C17H21F3N2O2. The van der Waals surface area contributed by atoms with Gasteiger partial charge in [-0.05, 0) is 31.4 Å². The summed E-state index contributed by atoms with van der Waals surface area (Å²) < 4.78 is 38.9. The van der Waals surface area contributed by atoms with E-state index in [0.717, 1.165) is 6.07 Å². The maximum Gasteiger partial charge on any atom is 0.416 e. The second-order valence-corrected chi connectivity index (χ2v) is 6.05. The molecule has 1 aromatic rings. The topological polar surface area (TPSA) is 61.4 Å². The van der Waals surface area contributed by atoms with Crippen molar-refractivity contribution in [3.8, 4) is 0 Å². The number of carbonyl (C=O) groups is 1. The molecule has 132 valence electrons. The summed E-state index contributed by atoms with van der Waals surface area (Å²) in [6.07, 6.45) is -0.0529. The number of amides is 2. The molecule has 1 aromatic carbocycles. The summed E-state index contributed by atoms with van der Waals surface area (Å²) in [6.45, 7) is 1.69. The molecule has 0 aromatic heterocycles. The van der Waals surface area contributed by atoms with Gasteiger partial charge in [-0.15, -0.1) is 0 Å². The maximum absolute atomic E-state index is 13.0. The van der Waals surface area contributed by atoms with Crippen molar-refractivity contribution < 1.29 is 23.1 Å². The summed E-state index contributed by atoms with van der Waals surface area (Å²) in [5.41, 5.74) is -0.525. The molecule has 4 nitrogen and oxygen atoms in total. The van der Waals surface area contributed by atoms with Crippen LogP contribution in [0.1, 0.15) is 24.5 Å². The van der Waals surface area contributed by atoms with Gasteiger partial charge >= 0.3 is 12.2 Å². The molecule has 24 heavy (non-hydrogen) atoms. The van der Waals surface area contributed by atoms with Crippen molar-refractivity contribution in [2.24, 2.45) is 5.92 Å². The number of rotatable bonds is 5. The van der Waals surface area contributed by atoms with E-state index in [0.29, 0.717) is 6.42 Å². The fraction of sp³-hybridized carbons (Fsp3) is 0.471. The van der Waals surface area contributed by atoms with Gasteiger partial charge in [-0.25, -0.2) is 4.79 Å². The summed E-state index contributed by atoms with van der Waals surface area (Å²) in [5, 5.41) is 14.4. The molecular weight excluding hydrogens is 321 g/mol. The molecule has 3 atom stereocenters. The Balaban J connectivity index is 1.89. The van der Waals surface area contributed by atoms with Gasteiger partial charge in [-0.1, -0.05) is 30.4 Å². The van der Waals surface area contributed by atoms with E-state index in [1.54, 1.807) is 13.0 Å². The average Bonchev–Trinajstić information content (AvgIpc) is 2.93. The average molecular weight is 342 g/mol. The number of halogens is 3. The molecule has 0 spiro atoms. The van der Waals surface area contributed by atoms with E-state index in [2.05, 4.69) is 10.6 Å². The van der Waals surface area contributed by atoms with Crippen LogP contribution in [0, 0.1) is 5.92 Å². The molecule has 1 unspecified atom stereocenters. The number of carbonyl (C=O) groups excluding carboxylic acids is 1. The molecule has 0 saturated heterocycles. The normalized spacial score (nSPS) is 21.5. The number of hydrogen-bond donors (Lipinski definition) is 3. The van der Waals surface area contributed by atoms with Gasteiger partial charge in [0.2, 0.25) is 0 Å². The molecule has 2 rings (SSSR count). The van der Waals surface area contributed by atoms with Crippen molar-refractivity contribution in [3.63, 3.8) is 0 Å². The van der Waals surface area contributed by atoms with Gasteiger partial charge in [0.1, 0.15) is 0 Å². The SMILES string of the molecule is CC(Cc1ccccc1C(F)(F)F)NC(=O)N[C@@H]1C=C[C@H](CO)C1. The third-order valence-electron chi connectivity index (χ3n) is 3.95. The lowest BCUT2D eigenvalue weighted by Gasteiger charge is -2.19. The first-order valence-electron chi connectivity index (χ1n) is 7.81. The fourth-order valence-electron chi connectivity index (χ4n) is 2.81. The lowest BCUT2D eigenvalue weighted by atomic mass is 10.0. The summed E-state index contributed by atoms with van der Waals surface area (Å²) in [7, 11) is 0. The minimum absolute atomic E-state index is 0.0287. The van der Waals surface area contributed by atoms with Crippen molar-refractivity contribution in [1.29, 1.82) is 0 Å². The highest BCUT2D eigenvalue weighted by atomic mass is 19.4. The minimum Gasteiger partial charge on any atom is -0.396 e. The third kappa shape index (κ3) is 4.99. The van der Waals surface area contributed by atoms with E-state index in [1.165, 1.54) is 12.1 Å². The molecule has 0 bridgehead atoms. The number of nitrogens with one attached hydrogen (secondary N) is 2. The second-order valence-electron chi connectivity index (χ2n) is 6.05. The van der Waals surface area contributed by atoms with Gasteiger partial charge < -0.3 is 15.7 Å². The monoisotopic (exact) mass is 342 g/mol. The van der Waals surface area contributed by atoms with Crippen LogP contribution in [0.4, 0.5) is 18.0 Å². The van der Waals surface area contributed by atoms with Crippen LogP contribution < -0.4 is 10.6 Å². The van der Waals surface area contributed by atoms with E-state index in [9.17, 15) is 18.0 Å². The van der Waals surface area contributed by atoms with Crippen molar-refractivity contribution in [2.75, 3.05) is 6.61 Å². The van der Waals surface area contributed by atoms with E-state index in [-0.39, 0.29) is 30.6 Å². The number of aliphatic hydroxyl groups excluding tert-OH is 1. The zero-order chi connectivity index (χ0) is 17.7. The van der Waals surface area contributed by atoms with Crippen LogP contribution in [-0.4, -0.2) is 29.8 Å². The zero-order valence-corrected chi connectivity index (χ0v) is 13.3. The minimum atomic E-state index is -4.41. The molecule has 7 heteroatoms. The summed E-state index contributed by atoms with van der Waals surface area (Å²) >= 11 is 0. The quantitative estimate of drug-likeness (QED) is 0.721. The Hall–Kier alpha value is -2.02. The van der Waals surface area contributed by atoms with E-state index in [1.807, 2.05) is 12.2 Å². The number of aliphatic hydroxyl groups is 1. The third-order valence-corrected chi connectivity index (χ3v) is 3.95. The number of benzene rings is 1. The second kappa shape index (κ2) is 7.70. The number of urea groups is 1. The van der Waals surface area contributed by atoms with Gasteiger partial charge in [0.05, 0.1) is 5.56 Å². The highest BCUT2D eigenvalue weighted by Crippen LogP contribution is 2.32. The highest BCUT2D eigenvalue weighted by Gasteiger charge is 2.33. The Morgan fingerprint density at radius 2 is 2.04 bits per heavy atom. The Morgan fingerprint density at radius 3 is 2.67 bits per heavy atom. The first kappa shape index (κ1) is 18.3. The van der Waals surface area contributed by atoms with Crippen LogP contribution in [0.15, 0.2) is 36.4 Å². The number of alkyl halides is 3. The molecule has 0 fully saturated rings. The van der Waals surface area contributed by atoms with Crippen molar-refractivity contribution in [1.82, 2.24) is 10.6 Å². The predicted octanol–water partition coefficient (Wildman–Crippen LogP) is 2.87. The molecule has 0 saturated carbocycles. The maximum atomic E-state index is 13.0. The standard InChI is InChI=1S/C17H21F3N2O2/c1-11(8-13-4-2-3-5-15(13)17(18,19)20)21-16(24)22-14-7-6-12(9-14)10-23/h2-7,11-12,14,23H,8-10H2,1H3,(H2,21,22,24)/t11?,12-,14+/m0/s1. The number of hydrogen-bond acceptors (Lipinski definition) is 2. The highest BCUT2D eigenvalue weighted by molar-refractivity contribution is 5.74. The van der Waals surface area contributed by atoms with Gasteiger partial charge in [0, 0.05) is 24.6 Å². The zero-order valence-electron chi connectivity index (χ0n) is 13.3. The Labute approximate surface area is 138 Å². The van der Waals surface area contributed by atoms with Crippen LogP contribution in [0.25, 0.3) is 0 Å². The lowest BCUT2D eigenvalue weighted by Crippen LogP contribution is -2.45. The van der Waals surface area contributed by atoms with Gasteiger partial charge in [0.15, 0.2) is 0 Å². The van der Waals surface area contributed by atoms with E-state index in [4.69, 9.17) is 5.11 Å². The molecule has 1 aliphatic rings. The van der Waals surface area contributed by atoms with E-state index < -0.39 is 23.8 Å². The summed E-state index contributed by atoms with van der Waals surface area (Å²) in [4.78, 5) is 11.9. The van der Waals surface area contributed by atoms with Gasteiger partial charge in [-0.2, -0.15) is 13.2 Å². The van der Waals surface area contributed by atoms with Crippen LogP contribution >= 0.6 is 0 Å². The largest absolute Gasteiger partial charge is 0.416 e. The molecule has 1 aliphatic carbocycles. The van der Waals surface area contributed by atoms with Crippen molar-refractivity contribution in [2.45, 2.75) is 38.0 Å². The van der Waals surface area contributed by atoms with Gasteiger partial charge in [0.25, 0.3) is 0 Å².